The first-order valence-corrected chi connectivity index (χ1v) is 11.3. The monoisotopic (exact) mass is 441 g/mol. The second kappa shape index (κ2) is 9.36. The maximum Gasteiger partial charge on any atom is 0.261 e. The third-order valence-corrected chi connectivity index (χ3v) is 6.40. The maximum atomic E-state index is 12.9. The van der Waals surface area contributed by atoms with E-state index in [-0.39, 0.29) is 16.8 Å². The lowest BCUT2D eigenvalue weighted by Gasteiger charge is -2.22. The molecular formula is C23H27N3O4S. The first kappa shape index (κ1) is 22.6. The summed E-state index contributed by atoms with van der Waals surface area (Å²) >= 11 is 0. The number of nitrogens with zero attached hydrogens (tertiary/aromatic N) is 1. The smallest absolute Gasteiger partial charge is 0.261 e. The van der Waals surface area contributed by atoms with Gasteiger partial charge < -0.3 is 9.73 Å². The van der Waals surface area contributed by atoms with Crippen LogP contribution in [0.25, 0.3) is 0 Å². The number of furan rings is 1. The molecule has 164 valence electrons. The van der Waals surface area contributed by atoms with E-state index in [1.165, 1.54) is 12.1 Å². The molecule has 0 saturated carbocycles. The molecular weight excluding hydrogens is 414 g/mol. The minimum absolute atomic E-state index is 0.0269. The lowest BCUT2D eigenvalue weighted by atomic mass is 10.1. The Morgan fingerprint density at radius 1 is 1.06 bits per heavy atom. The molecule has 0 aliphatic carbocycles. The summed E-state index contributed by atoms with van der Waals surface area (Å²) in [4.78, 5) is 14.8. The highest BCUT2D eigenvalue weighted by molar-refractivity contribution is 7.92. The minimum atomic E-state index is -3.83. The molecule has 1 unspecified atom stereocenters. The van der Waals surface area contributed by atoms with Crippen LogP contribution in [0.3, 0.4) is 0 Å². The highest BCUT2D eigenvalue weighted by Gasteiger charge is 2.21. The summed E-state index contributed by atoms with van der Waals surface area (Å²) in [6, 6.07) is 15.1. The van der Waals surface area contributed by atoms with E-state index in [0.29, 0.717) is 23.4 Å². The van der Waals surface area contributed by atoms with Gasteiger partial charge in [-0.3, -0.25) is 14.4 Å². The fourth-order valence-electron chi connectivity index (χ4n) is 3.15. The molecule has 1 heterocycles. The van der Waals surface area contributed by atoms with Crippen LogP contribution in [0.1, 0.15) is 33.3 Å². The molecule has 0 saturated heterocycles. The number of aryl methyl sites for hydroxylation is 2. The Morgan fingerprint density at radius 3 is 2.39 bits per heavy atom. The van der Waals surface area contributed by atoms with Crippen LogP contribution in [0.5, 0.6) is 0 Å². The molecule has 3 rings (SSSR count). The fourth-order valence-corrected chi connectivity index (χ4v) is 4.24. The fraction of sp³-hybridized carbons (Fsp3) is 0.261. The van der Waals surface area contributed by atoms with Crippen LogP contribution < -0.4 is 10.0 Å². The third-order valence-electron chi connectivity index (χ3n) is 5.02. The molecule has 0 aliphatic heterocycles. The van der Waals surface area contributed by atoms with Crippen molar-refractivity contribution in [2.24, 2.45) is 0 Å². The number of likely N-dealkylation sites (N-methyl/N-ethyl adjacent to an activating group) is 1. The van der Waals surface area contributed by atoms with Crippen molar-refractivity contribution >= 4 is 21.6 Å². The van der Waals surface area contributed by atoms with E-state index in [9.17, 15) is 13.2 Å². The number of anilines is 1. The Kier molecular flexibility index (Phi) is 6.82. The molecule has 0 bridgehead atoms. The number of amides is 1. The summed E-state index contributed by atoms with van der Waals surface area (Å²) in [6.45, 7) is 4.02. The number of carbonyl (C=O) groups excluding carboxylic acids is 1. The second-order valence-corrected chi connectivity index (χ2v) is 9.34. The molecule has 1 amide bonds. The van der Waals surface area contributed by atoms with Crippen molar-refractivity contribution in [3.05, 3.63) is 83.3 Å². The summed E-state index contributed by atoms with van der Waals surface area (Å²) in [6.07, 6.45) is 1.59. The predicted octanol–water partition coefficient (Wildman–Crippen LogP) is 3.73. The number of hydrogen-bond acceptors (Lipinski definition) is 5. The van der Waals surface area contributed by atoms with Gasteiger partial charge in [-0.05, 0) is 69.9 Å². The first-order valence-electron chi connectivity index (χ1n) is 9.85. The average molecular weight is 442 g/mol. The highest BCUT2D eigenvalue weighted by atomic mass is 32.2. The Labute approximate surface area is 183 Å². The molecule has 2 N–H and O–H groups in total. The summed E-state index contributed by atoms with van der Waals surface area (Å²) < 4.78 is 33.7. The third kappa shape index (κ3) is 5.53. The lowest BCUT2D eigenvalue weighted by Crippen LogP contribution is -2.34. The normalized spacial score (nSPS) is 12.5. The molecule has 2 aromatic carbocycles. The Balaban J connectivity index is 1.78. The second-order valence-electron chi connectivity index (χ2n) is 7.65. The minimum Gasteiger partial charge on any atom is -0.468 e. The zero-order valence-electron chi connectivity index (χ0n) is 18.0. The van der Waals surface area contributed by atoms with Gasteiger partial charge in [0.05, 0.1) is 17.2 Å². The van der Waals surface area contributed by atoms with Gasteiger partial charge in [0.2, 0.25) is 0 Å². The van der Waals surface area contributed by atoms with Crippen molar-refractivity contribution in [1.82, 2.24) is 10.2 Å². The molecule has 31 heavy (non-hydrogen) atoms. The summed E-state index contributed by atoms with van der Waals surface area (Å²) in [5, 5.41) is 2.89. The summed E-state index contributed by atoms with van der Waals surface area (Å²) in [5.41, 5.74) is 2.49. The van der Waals surface area contributed by atoms with Crippen LogP contribution in [0.15, 0.2) is 70.2 Å². The summed E-state index contributed by atoms with van der Waals surface area (Å²) in [7, 11) is -0.0377. The quantitative estimate of drug-likeness (QED) is 0.556. The van der Waals surface area contributed by atoms with Crippen molar-refractivity contribution in [2.45, 2.75) is 24.8 Å². The number of carbonyl (C=O) groups is 1. The van der Waals surface area contributed by atoms with E-state index in [2.05, 4.69) is 10.0 Å². The molecule has 0 radical (unpaired) electrons. The van der Waals surface area contributed by atoms with Crippen molar-refractivity contribution in [3.8, 4) is 0 Å². The zero-order valence-corrected chi connectivity index (χ0v) is 18.9. The average Bonchev–Trinajstić information content (AvgIpc) is 3.24. The Bertz CT molecular complexity index is 1140. The zero-order chi connectivity index (χ0) is 22.6. The molecule has 0 aliphatic rings. The van der Waals surface area contributed by atoms with E-state index >= 15 is 0 Å². The molecule has 1 atom stereocenters. The van der Waals surface area contributed by atoms with Gasteiger partial charge in [0.1, 0.15) is 5.76 Å². The van der Waals surface area contributed by atoms with Crippen molar-refractivity contribution in [1.29, 1.82) is 0 Å². The molecule has 1 aromatic heterocycles. The van der Waals surface area contributed by atoms with Gasteiger partial charge in [0.25, 0.3) is 15.9 Å². The number of sulfonamides is 1. The number of benzene rings is 2. The molecule has 0 fully saturated rings. The van der Waals surface area contributed by atoms with Crippen LogP contribution in [-0.4, -0.2) is 39.9 Å². The van der Waals surface area contributed by atoms with Crippen LogP contribution in [0.4, 0.5) is 5.69 Å². The molecule has 8 heteroatoms. The van der Waals surface area contributed by atoms with Crippen molar-refractivity contribution < 1.29 is 17.6 Å². The number of hydrogen-bond donors (Lipinski definition) is 2. The van der Waals surface area contributed by atoms with E-state index in [4.69, 9.17) is 4.42 Å². The summed E-state index contributed by atoms with van der Waals surface area (Å²) in [5.74, 6) is 0.393. The molecule has 7 nitrogen and oxygen atoms in total. The van der Waals surface area contributed by atoms with Gasteiger partial charge in [-0.1, -0.05) is 23.8 Å². The maximum absolute atomic E-state index is 12.9. The Hall–Kier alpha value is -3.10. The van der Waals surface area contributed by atoms with Gasteiger partial charge in [-0.25, -0.2) is 8.42 Å². The van der Waals surface area contributed by atoms with Crippen LogP contribution >= 0.6 is 0 Å². The van der Waals surface area contributed by atoms with Crippen LogP contribution in [0, 0.1) is 13.8 Å². The van der Waals surface area contributed by atoms with E-state index in [1.54, 1.807) is 37.5 Å². The van der Waals surface area contributed by atoms with Crippen molar-refractivity contribution in [3.63, 3.8) is 0 Å². The number of nitrogens with one attached hydrogen (secondary N) is 2. The van der Waals surface area contributed by atoms with Crippen LogP contribution in [-0.2, 0) is 10.0 Å². The Morgan fingerprint density at radius 2 is 1.77 bits per heavy atom. The van der Waals surface area contributed by atoms with Crippen LogP contribution in [0.2, 0.25) is 0 Å². The number of rotatable bonds is 8. The standard InChI is InChI=1S/C23H27N3O4S/c1-16-7-10-18(11-8-16)25-31(28,29)19-12-9-17(2)20(14-19)23(27)24-15-21(26(3)4)22-6-5-13-30-22/h5-14,21,25H,15H2,1-4H3,(H,24,27). The van der Waals surface area contributed by atoms with Gasteiger partial charge >= 0.3 is 0 Å². The highest BCUT2D eigenvalue weighted by Crippen LogP contribution is 2.21. The lowest BCUT2D eigenvalue weighted by molar-refractivity contribution is 0.0938. The van der Waals surface area contributed by atoms with Gasteiger partial charge in [-0.2, -0.15) is 0 Å². The largest absolute Gasteiger partial charge is 0.468 e. The van der Waals surface area contributed by atoms with E-state index < -0.39 is 10.0 Å². The van der Waals surface area contributed by atoms with Gasteiger partial charge in [0, 0.05) is 17.8 Å². The molecule has 3 aromatic rings. The van der Waals surface area contributed by atoms with Gasteiger partial charge in [-0.15, -0.1) is 0 Å². The van der Waals surface area contributed by atoms with Crippen molar-refractivity contribution in [2.75, 3.05) is 25.4 Å². The topological polar surface area (TPSA) is 91.6 Å². The van der Waals surface area contributed by atoms with E-state index in [1.807, 2.05) is 44.1 Å². The predicted molar refractivity (Wildman–Crippen MR) is 121 cm³/mol. The first-order chi connectivity index (χ1) is 14.7. The SMILES string of the molecule is Cc1ccc(NS(=O)(=O)c2ccc(C)c(C(=O)NCC(c3ccco3)N(C)C)c2)cc1. The van der Waals surface area contributed by atoms with E-state index in [0.717, 1.165) is 11.3 Å². The van der Waals surface area contributed by atoms with Gasteiger partial charge in [0.15, 0.2) is 0 Å². The molecule has 0 spiro atoms.